The van der Waals surface area contributed by atoms with Gasteiger partial charge in [0.15, 0.2) is 0 Å². The number of hydrogen-bond acceptors (Lipinski definition) is 1. The highest BCUT2D eigenvalue weighted by atomic mass is 16.4. The zero-order valence-electron chi connectivity index (χ0n) is 11.7. The van der Waals surface area contributed by atoms with Gasteiger partial charge >= 0.3 is 5.97 Å². The van der Waals surface area contributed by atoms with Crippen molar-refractivity contribution in [2.45, 2.75) is 46.0 Å². The molecular formula is C16H22O2. The number of rotatable bonds is 2. The van der Waals surface area contributed by atoms with Crippen LogP contribution < -0.4 is 0 Å². The Hall–Kier alpha value is -1.31. The summed E-state index contributed by atoms with van der Waals surface area (Å²) < 4.78 is 0. The summed E-state index contributed by atoms with van der Waals surface area (Å²) in [6, 6.07) is 7.96. The molecule has 0 saturated heterocycles. The standard InChI is InChI=1S/C16H22O2/c1-11-5-7-12(8-6-11)16(14(17)18)9-13(10-16)15(2,3)4/h5-8,13H,9-10H2,1-4H3,(H,17,18). The van der Waals surface area contributed by atoms with Crippen LogP contribution in [0.2, 0.25) is 0 Å². The lowest BCUT2D eigenvalue weighted by molar-refractivity contribution is -0.152. The molecule has 1 aromatic carbocycles. The molecule has 0 spiro atoms. The van der Waals surface area contributed by atoms with Crippen LogP contribution in [-0.2, 0) is 10.2 Å². The number of hydrogen-bond donors (Lipinski definition) is 1. The van der Waals surface area contributed by atoms with Gasteiger partial charge in [0.25, 0.3) is 0 Å². The Morgan fingerprint density at radius 3 is 2.11 bits per heavy atom. The average molecular weight is 246 g/mol. The second kappa shape index (κ2) is 4.11. The molecule has 2 rings (SSSR count). The third-order valence-corrected chi connectivity index (χ3v) is 4.43. The van der Waals surface area contributed by atoms with Crippen LogP contribution in [-0.4, -0.2) is 11.1 Å². The molecular weight excluding hydrogens is 224 g/mol. The summed E-state index contributed by atoms with van der Waals surface area (Å²) in [4.78, 5) is 11.7. The topological polar surface area (TPSA) is 37.3 Å². The number of aliphatic carboxylic acids is 1. The van der Waals surface area contributed by atoms with Crippen LogP contribution in [0, 0.1) is 18.3 Å². The maximum Gasteiger partial charge on any atom is 0.314 e. The van der Waals surface area contributed by atoms with Crippen molar-refractivity contribution in [3.05, 3.63) is 35.4 Å². The van der Waals surface area contributed by atoms with E-state index in [1.54, 1.807) is 0 Å². The van der Waals surface area contributed by atoms with Crippen molar-refractivity contribution < 1.29 is 9.90 Å². The first-order chi connectivity index (χ1) is 8.25. The van der Waals surface area contributed by atoms with Gasteiger partial charge in [0.05, 0.1) is 5.41 Å². The predicted molar refractivity (Wildman–Crippen MR) is 72.7 cm³/mol. The summed E-state index contributed by atoms with van der Waals surface area (Å²) in [5.74, 6) is -0.179. The largest absolute Gasteiger partial charge is 0.481 e. The lowest BCUT2D eigenvalue weighted by Crippen LogP contribution is -2.51. The molecule has 2 nitrogen and oxygen atoms in total. The first-order valence-electron chi connectivity index (χ1n) is 6.56. The van der Waals surface area contributed by atoms with E-state index in [0.29, 0.717) is 5.92 Å². The Morgan fingerprint density at radius 1 is 1.22 bits per heavy atom. The van der Waals surface area contributed by atoms with Crippen molar-refractivity contribution >= 4 is 5.97 Å². The monoisotopic (exact) mass is 246 g/mol. The van der Waals surface area contributed by atoms with Crippen molar-refractivity contribution in [3.8, 4) is 0 Å². The van der Waals surface area contributed by atoms with E-state index in [-0.39, 0.29) is 5.41 Å². The van der Waals surface area contributed by atoms with Gasteiger partial charge in [-0.2, -0.15) is 0 Å². The second-order valence-corrected chi connectivity index (χ2v) is 6.72. The molecule has 1 aliphatic carbocycles. The SMILES string of the molecule is Cc1ccc(C2(C(=O)O)CC(C(C)(C)C)C2)cc1. The Balaban J connectivity index is 2.27. The molecule has 0 radical (unpaired) electrons. The van der Waals surface area contributed by atoms with E-state index in [0.717, 1.165) is 18.4 Å². The van der Waals surface area contributed by atoms with E-state index in [4.69, 9.17) is 0 Å². The molecule has 1 saturated carbocycles. The van der Waals surface area contributed by atoms with Crippen molar-refractivity contribution in [2.75, 3.05) is 0 Å². The smallest absolute Gasteiger partial charge is 0.314 e. The van der Waals surface area contributed by atoms with Gasteiger partial charge in [-0.3, -0.25) is 4.79 Å². The Morgan fingerprint density at radius 2 is 1.72 bits per heavy atom. The normalized spacial score (nSPS) is 27.7. The molecule has 0 atom stereocenters. The van der Waals surface area contributed by atoms with Crippen LogP contribution in [0.5, 0.6) is 0 Å². The Labute approximate surface area is 109 Å². The van der Waals surface area contributed by atoms with E-state index < -0.39 is 11.4 Å². The van der Waals surface area contributed by atoms with Crippen molar-refractivity contribution in [3.63, 3.8) is 0 Å². The minimum Gasteiger partial charge on any atom is -0.481 e. The molecule has 0 amide bonds. The molecule has 18 heavy (non-hydrogen) atoms. The molecule has 1 aliphatic rings. The fourth-order valence-corrected chi connectivity index (χ4v) is 2.80. The Kier molecular flexibility index (Phi) is 3.00. The van der Waals surface area contributed by atoms with Gasteiger partial charge in [0.2, 0.25) is 0 Å². The number of carbonyl (C=O) groups is 1. The first-order valence-corrected chi connectivity index (χ1v) is 6.56. The molecule has 0 bridgehead atoms. The molecule has 98 valence electrons. The third kappa shape index (κ3) is 2.05. The minimum absolute atomic E-state index is 0.198. The lowest BCUT2D eigenvalue weighted by atomic mass is 9.52. The van der Waals surface area contributed by atoms with Gasteiger partial charge in [0, 0.05) is 0 Å². The number of aryl methyl sites for hydroxylation is 1. The summed E-state index contributed by atoms with van der Waals surface area (Å²) in [5, 5.41) is 9.59. The molecule has 0 heterocycles. The van der Waals surface area contributed by atoms with Gasteiger partial charge in [-0.15, -0.1) is 0 Å². The summed E-state index contributed by atoms with van der Waals surface area (Å²) in [6.45, 7) is 8.60. The van der Waals surface area contributed by atoms with Crippen LogP contribution >= 0.6 is 0 Å². The number of benzene rings is 1. The molecule has 0 aromatic heterocycles. The van der Waals surface area contributed by atoms with Crippen LogP contribution in [0.1, 0.15) is 44.7 Å². The molecule has 0 unspecified atom stereocenters. The van der Waals surface area contributed by atoms with Gasteiger partial charge in [-0.1, -0.05) is 50.6 Å². The highest BCUT2D eigenvalue weighted by Gasteiger charge is 2.54. The zero-order valence-corrected chi connectivity index (χ0v) is 11.7. The van der Waals surface area contributed by atoms with E-state index in [2.05, 4.69) is 20.8 Å². The fourth-order valence-electron chi connectivity index (χ4n) is 2.80. The second-order valence-electron chi connectivity index (χ2n) is 6.72. The maximum absolute atomic E-state index is 11.7. The summed E-state index contributed by atoms with van der Waals surface area (Å²) >= 11 is 0. The van der Waals surface area contributed by atoms with Crippen molar-refractivity contribution in [1.29, 1.82) is 0 Å². The molecule has 1 N–H and O–H groups in total. The maximum atomic E-state index is 11.7. The summed E-state index contributed by atoms with van der Waals surface area (Å²) in [7, 11) is 0. The zero-order chi connectivity index (χ0) is 13.6. The van der Waals surface area contributed by atoms with Crippen molar-refractivity contribution in [1.82, 2.24) is 0 Å². The Bertz CT molecular complexity index is 445. The van der Waals surface area contributed by atoms with E-state index in [1.165, 1.54) is 5.56 Å². The van der Waals surface area contributed by atoms with Crippen molar-refractivity contribution in [2.24, 2.45) is 11.3 Å². The molecule has 1 fully saturated rings. The van der Waals surface area contributed by atoms with E-state index in [1.807, 2.05) is 31.2 Å². The van der Waals surface area contributed by atoms with E-state index in [9.17, 15) is 9.90 Å². The van der Waals surface area contributed by atoms with Gasteiger partial charge < -0.3 is 5.11 Å². The number of carboxylic acids is 1. The van der Waals surface area contributed by atoms with Gasteiger partial charge in [-0.05, 0) is 36.7 Å². The number of carboxylic acid groups (broad SMARTS) is 1. The van der Waals surface area contributed by atoms with Crippen LogP contribution in [0.25, 0.3) is 0 Å². The highest BCUT2D eigenvalue weighted by Crippen LogP contribution is 2.54. The van der Waals surface area contributed by atoms with Gasteiger partial charge in [-0.25, -0.2) is 0 Å². The quantitative estimate of drug-likeness (QED) is 0.862. The highest BCUT2D eigenvalue weighted by molar-refractivity contribution is 5.82. The van der Waals surface area contributed by atoms with Crippen LogP contribution in [0.4, 0.5) is 0 Å². The predicted octanol–water partition coefficient (Wildman–Crippen LogP) is 3.77. The molecule has 2 heteroatoms. The summed E-state index contributed by atoms with van der Waals surface area (Å²) in [6.07, 6.45) is 1.52. The molecule has 1 aromatic rings. The third-order valence-electron chi connectivity index (χ3n) is 4.43. The molecule has 0 aliphatic heterocycles. The first kappa shape index (κ1) is 13.1. The van der Waals surface area contributed by atoms with E-state index >= 15 is 0 Å². The minimum atomic E-state index is -0.674. The van der Waals surface area contributed by atoms with Gasteiger partial charge in [0.1, 0.15) is 0 Å². The van der Waals surface area contributed by atoms with Crippen LogP contribution in [0.15, 0.2) is 24.3 Å². The lowest BCUT2D eigenvalue weighted by Gasteiger charge is -2.50. The van der Waals surface area contributed by atoms with Crippen LogP contribution in [0.3, 0.4) is 0 Å². The fraction of sp³-hybridized carbons (Fsp3) is 0.562. The average Bonchev–Trinajstić information content (AvgIpc) is 2.16. The summed E-state index contributed by atoms with van der Waals surface area (Å²) in [5.41, 5.74) is 1.68.